The number of methoxy groups -OCH3 is 1. The van der Waals surface area contributed by atoms with E-state index >= 15 is 0 Å². The van der Waals surface area contributed by atoms with Crippen LogP contribution in [-0.2, 0) is 14.3 Å². The van der Waals surface area contributed by atoms with E-state index in [2.05, 4.69) is 0 Å². The summed E-state index contributed by atoms with van der Waals surface area (Å²) in [5.41, 5.74) is -0.375. The first kappa shape index (κ1) is 13.1. The summed E-state index contributed by atoms with van der Waals surface area (Å²) in [7, 11) is 1.31. The Morgan fingerprint density at radius 1 is 1.61 bits per heavy atom. The molecule has 0 fully saturated rings. The predicted octanol–water partition coefficient (Wildman–Crippen LogP) is 0.727. The van der Waals surface area contributed by atoms with Gasteiger partial charge >= 0.3 is 5.97 Å². The van der Waals surface area contributed by atoms with Crippen molar-refractivity contribution in [3.63, 3.8) is 0 Å². The number of hydrogen-bond acceptors (Lipinski definition) is 5. The lowest BCUT2D eigenvalue weighted by molar-refractivity contribution is -0.174. The molecule has 0 amide bonds. The lowest BCUT2D eigenvalue weighted by atomic mass is 9.60. The molecule has 1 heterocycles. The van der Waals surface area contributed by atoms with E-state index < -0.39 is 23.1 Å². The molecule has 2 rings (SSSR count). The maximum Gasteiger partial charge on any atom is 0.337 e. The van der Waals surface area contributed by atoms with Crippen LogP contribution in [0.5, 0.6) is 0 Å². The van der Waals surface area contributed by atoms with E-state index in [0.717, 1.165) is 0 Å². The summed E-state index contributed by atoms with van der Waals surface area (Å²) in [5.74, 6) is -0.469. The molecule has 5 nitrogen and oxygen atoms in total. The fourth-order valence-corrected chi connectivity index (χ4v) is 2.94. The van der Waals surface area contributed by atoms with Gasteiger partial charge in [0.25, 0.3) is 0 Å². The number of hydrogen-bond donors (Lipinski definition) is 2. The molecule has 0 radical (unpaired) electrons. The average Bonchev–Trinajstić information content (AvgIpc) is 2.63. The Hall–Kier alpha value is -1.33. The van der Waals surface area contributed by atoms with Crippen LogP contribution < -0.4 is 0 Å². The Balaban J connectivity index is 2.52. The van der Waals surface area contributed by atoms with Crippen molar-refractivity contribution < 1.29 is 24.5 Å². The van der Waals surface area contributed by atoms with Gasteiger partial charge in [0.2, 0.25) is 6.29 Å². The van der Waals surface area contributed by atoms with Crippen LogP contribution in [-0.4, -0.2) is 36.2 Å². The van der Waals surface area contributed by atoms with Crippen LogP contribution >= 0.6 is 0 Å². The smallest absolute Gasteiger partial charge is 0.337 e. The van der Waals surface area contributed by atoms with Crippen molar-refractivity contribution in [3.05, 3.63) is 23.5 Å². The standard InChI is InChI=1S/C13H18O5/c1-12-5-4-8(6-14)13(12,2)11(16)18-7-9(12)10(15)17-3/h4,7,11,14,16H,5-6H2,1-3H3. The molecule has 5 heteroatoms. The van der Waals surface area contributed by atoms with Gasteiger partial charge in [0.1, 0.15) is 0 Å². The van der Waals surface area contributed by atoms with Gasteiger partial charge in [-0.1, -0.05) is 13.0 Å². The van der Waals surface area contributed by atoms with E-state index in [0.29, 0.717) is 17.6 Å². The molecular formula is C13H18O5. The van der Waals surface area contributed by atoms with E-state index in [9.17, 15) is 15.0 Å². The number of carbonyl (C=O) groups excluding carboxylic acids is 1. The Kier molecular flexibility index (Phi) is 2.99. The molecule has 1 aliphatic carbocycles. The summed E-state index contributed by atoms with van der Waals surface area (Å²) in [6, 6.07) is 0. The fourth-order valence-electron chi connectivity index (χ4n) is 2.94. The van der Waals surface area contributed by atoms with Gasteiger partial charge in [0, 0.05) is 5.41 Å². The zero-order valence-electron chi connectivity index (χ0n) is 10.8. The van der Waals surface area contributed by atoms with Crippen LogP contribution in [0.15, 0.2) is 23.5 Å². The normalized spacial score (nSPS) is 38.4. The number of aliphatic hydroxyl groups excluding tert-OH is 2. The topological polar surface area (TPSA) is 76.0 Å². The summed E-state index contributed by atoms with van der Waals surface area (Å²) < 4.78 is 9.93. The van der Waals surface area contributed by atoms with Crippen molar-refractivity contribution in [2.24, 2.45) is 10.8 Å². The number of esters is 1. The molecular weight excluding hydrogens is 236 g/mol. The highest BCUT2D eigenvalue weighted by Gasteiger charge is 2.60. The quantitative estimate of drug-likeness (QED) is 0.561. The molecule has 0 bridgehead atoms. The van der Waals surface area contributed by atoms with E-state index in [-0.39, 0.29) is 6.61 Å². The molecule has 0 aromatic heterocycles. The van der Waals surface area contributed by atoms with Crippen molar-refractivity contribution in [3.8, 4) is 0 Å². The van der Waals surface area contributed by atoms with Gasteiger partial charge in [-0.25, -0.2) is 4.79 Å². The van der Waals surface area contributed by atoms with Gasteiger partial charge < -0.3 is 19.7 Å². The molecule has 0 spiro atoms. The van der Waals surface area contributed by atoms with Crippen molar-refractivity contribution in [1.29, 1.82) is 0 Å². The van der Waals surface area contributed by atoms with Gasteiger partial charge in [0.05, 0.1) is 31.0 Å². The summed E-state index contributed by atoms with van der Waals surface area (Å²) >= 11 is 0. The lowest BCUT2D eigenvalue weighted by Crippen LogP contribution is -2.51. The average molecular weight is 254 g/mol. The van der Waals surface area contributed by atoms with Crippen LogP contribution in [0.1, 0.15) is 20.3 Å². The third-order valence-electron chi connectivity index (χ3n) is 4.55. The maximum absolute atomic E-state index is 11.8. The first-order valence-corrected chi connectivity index (χ1v) is 5.84. The molecule has 100 valence electrons. The third kappa shape index (κ3) is 1.37. The van der Waals surface area contributed by atoms with E-state index in [4.69, 9.17) is 9.47 Å². The molecule has 2 N–H and O–H groups in total. The SMILES string of the molecule is COC(=O)C1=COC(O)C2(C)C(CO)=CCC12C. The highest BCUT2D eigenvalue weighted by atomic mass is 16.6. The number of fused-ring (bicyclic) bond motifs is 1. The van der Waals surface area contributed by atoms with Gasteiger partial charge in [-0.15, -0.1) is 0 Å². The Morgan fingerprint density at radius 2 is 2.28 bits per heavy atom. The van der Waals surface area contributed by atoms with Crippen molar-refractivity contribution in [2.75, 3.05) is 13.7 Å². The van der Waals surface area contributed by atoms with E-state index in [1.165, 1.54) is 13.4 Å². The Bertz CT molecular complexity index is 439. The molecule has 0 saturated heterocycles. The second-order valence-electron chi connectivity index (χ2n) is 5.14. The minimum atomic E-state index is -1.09. The van der Waals surface area contributed by atoms with Crippen molar-refractivity contribution in [2.45, 2.75) is 26.6 Å². The third-order valence-corrected chi connectivity index (χ3v) is 4.55. The Morgan fingerprint density at radius 3 is 2.83 bits per heavy atom. The van der Waals surface area contributed by atoms with Crippen LogP contribution in [0.25, 0.3) is 0 Å². The van der Waals surface area contributed by atoms with Crippen LogP contribution in [0.2, 0.25) is 0 Å². The summed E-state index contributed by atoms with van der Waals surface area (Å²) in [6.07, 6.45) is 2.60. The highest BCUT2D eigenvalue weighted by Crippen LogP contribution is 2.60. The number of ether oxygens (including phenoxy) is 2. The number of rotatable bonds is 2. The monoisotopic (exact) mass is 254 g/mol. The highest BCUT2D eigenvalue weighted by molar-refractivity contribution is 5.90. The maximum atomic E-state index is 11.8. The first-order valence-electron chi connectivity index (χ1n) is 5.84. The number of aliphatic hydroxyl groups is 2. The molecule has 0 saturated carbocycles. The lowest BCUT2D eigenvalue weighted by Gasteiger charge is -2.48. The van der Waals surface area contributed by atoms with Gasteiger partial charge in [-0.05, 0) is 18.9 Å². The summed E-state index contributed by atoms with van der Waals surface area (Å²) in [5, 5.41) is 19.5. The second-order valence-corrected chi connectivity index (χ2v) is 5.14. The summed E-state index contributed by atoms with van der Waals surface area (Å²) in [4.78, 5) is 11.8. The van der Waals surface area contributed by atoms with Crippen LogP contribution in [0, 0.1) is 10.8 Å². The number of allylic oxidation sites excluding steroid dienone is 1. The van der Waals surface area contributed by atoms with Crippen molar-refractivity contribution in [1.82, 2.24) is 0 Å². The minimum Gasteiger partial charge on any atom is -0.471 e. The fraction of sp³-hybridized carbons (Fsp3) is 0.615. The molecule has 1 aliphatic heterocycles. The van der Waals surface area contributed by atoms with Gasteiger partial charge in [-0.3, -0.25) is 0 Å². The van der Waals surface area contributed by atoms with Crippen molar-refractivity contribution >= 4 is 5.97 Å². The Labute approximate surface area is 106 Å². The molecule has 3 atom stereocenters. The zero-order valence-corrected chi connectivity index (χ0v) is 10.8. The first-order chi connectivity index (χ1) is 8.41. The van der Waals surface area contributed by atoms with Crippen LogP contribution in [0.4, 0.5) is 0 Å². The largest absolute Gasteiger partial charge is 0.471 e. The minimum absolute atomic E-state index is 0.166. The molecule has 18 heavy (non-hydrogen) atoms. The zero-order chi connectivity index (χ0) is 13.6. The predicted molar refractivity (Wildman–Crippen MR) is 63.2 cm³/mol. The molecule has 3 unspecified atom stereocenters. The van der Waals surface area contributed by atoms with Crippen LogP contribution in [0.3, 0.4) is 0 Å². The molecule has 0 aromatic rings. The second kappa shape index (κ2) is 4.10. The summed E-state index contributed by atoms with van der Waals surface area (Å²) in [6.45, 7) is 3.50. The van der Waals surface area contributed by atoms with E-state index in [1.807, 2.05) is 13.0 Å². The molecule has 2 aliphatic rings. The number of carbonyl (C=O) groups is 1. The van der Waals surface area contributed by atoms with E-state index in [1.54, 1.807) is 6.92 Å². The van der Waals surface area contributed by atoms with Gasteiger partial charge in [0.15, 0.2) is 0 Å². The van der Waals surface area contributed by atoms with Gasteiger partial charge in [-0.2, -0.15) is 0 Å². The molecule has 0 aromatic carbocycles.